The molecule has 0 saturated carbocycles. The molecule has 0 aliphatic heterocycles. The largest absolute Gasteiger partial charge is 0.468 e. The molecule has 18 heavy (non-hydrogen) atoms. The number of halogens is 1. The van der Waals surface area contributed by atoms with Crippen molar-refractivity contribution in [2.45, 2.75) is 31.8 Å². The standard InChI is InChI=1S/C15H16BrNO/c1-10(15-6-3-9-18-15)17-14-8-7-11-12(14)4-2-5-13(11)16/h2-6,9-10,14,17H,7-8H2,1H3/t10-,14?/m1/s1. The van der Waals surface area contributed by atoms with E-state index in [0.29, 0.717) is 6.04 Å². The zero-order valence-electron chi connectivity index (χ0n) is 10.3. The predicted octanol–water partition coefficient (Wildman–Crippen LogP) is 4.38. The summed E-state index contributed by atoms with van der Waals surface area (Å²) < 4.78 is 6.68. The molecule has 1 aliphatic carbocycles. The molecule has 94 valence electrons. The molecular formula is C15H16BrNO. The Morgan fingerprint density at radius 3 is 3.00 bits per heavy atom. The predicted molar refractivity (Wildman–Crippen MR) is 75.5 cm³/mol. The van der Waals surface area contributed by atoms with E-state index in [1.165, 1.54) is 15.6 Å². The van der Waals surface area contributed by atoms with Crippen LogP contribution >= 0.6 is 15.9 Å². The van der Waals surface area contributed by atoms with Gasteiger partial charge in [-0.15, -0.1) is 0 Å². The summed E-state index contributed by atoms with van der Waals surface area (Å²) in [6.07, 6.45) is 4.02. The maximum absolute atomic E-state index is 5.45. The fourth-order valence-electron chi connectivity index (χ4n) is 2.70. The topological polar surface area (TPSA) is 25.2 Å². The third-order valence-electron chi connectivity index (χ3n) is 3.63. The average molecular weight is 306 g/mol. The lowest BCUT2D eigenvalue weighted by atomic mass is 10.1. The van der Waals surface area contributed by atoms with Crippen molar-refractivity contribution in [2.24, 2.45) is 0 Å². The molecule has 1 heterocycles. The molecule has 2 aromatic rings. The highest BCUT2D eigenvalue weighted by molar-refractivity contribution is 9.10. The highest BCUT2D eigenvalue weighted by Gasteiger charge is 2.25. The van der Waals surface area contributed by atoms with Crippen LogP contribution in [0.5, 0.6) is 0 Å². The normalized spacial score (nSPS) is 19.8. The first-order valence-corrected chi connectivity index (χ1v) is 7.12. The number of furan rings is 1. The van der Waals surface area contributed by atoms with Crippen LogP contribution in [0.4, 0.5) is 0 Å². The second-order valence-electron chi connectivity index (χ2n) is 4.80. The summed E-state index contributed by atoms with van der Waals surface area (Å²) in [6.45, 7) is 2.15. The van der Waals surface area contributed by atoms with Gasteiger partial charge < -0.3 is 9.73 Å². The monoisotopic (exact) mass is 305 g/mol. The fraction of sp³-hybridized carbons (Fsp3) is 0.333. The van der Waals surface area contributed by atoms with E-state index < -0.39 is 0 Å². The third kappa shape index (κ3) is 2.13. The minimum Gasteiger partial charge on any atom is -0.468 e. The Bertz CT molecular complexity index is 535. The first-order chi connectivity index (χ1) is 8.75. The average Bonchev–Trinajstić information content (AvgIpc) is 2.99. The summed E-state index contributed by atoms with van der Waals surface area (Å²) >= 11 is 3.63. The molecule has 0 radical (unpaired) electrons. The summed E-state index contributed by atoms with van der Waals surface area (Å²) in [7, 11) is 0. The van der Waals surface area contributed by atoms with Crippen LogP contribution in [0.2, 0.25) is 0 Å². The summed E-state index contributed by atoms with van der Waals surface area (Å²) in [4.78, 5) is 0. The SMILES string of the molecule is C[C@@H](NC1CCc2c(Br)cccc21)c1ccco1. The van der Waals surface area contributed by atoms with E-state index in [9.17, 15) is 0 Å². The lowest BCUT2D eigenvalue weighted by Crippen LogP contribution is -2.22. The van der Waals surface area contributed by atoms with Crippen molar-refractivity contribution in [1.82, 2.24) is 5.32 Å². The van der Waals surface area contributed by atoms with E-state index in [-0.39, 0.29) is 6.04 Å². The van der Waals surface area contributed by atoms with E-state index in [2.05, 4.69) is 46.4 Å². The molecule has 0 amide bonds. The molecule has 1 N–H and O–H groups in total. The van der Waals surface area contributed by atoms with Gasteiger partial charge in [0.05, 0.1) is 12.3 Å². The Morgan fingerprint density at radius 2 is 2.22 bits per heavy atom. The van der Waals surface area contributed by atoms with Crippen LogP contribution in [-0.4, -0.2) is 0 Å². The van der Waals surface area contributed by atoms with Gasteiger partial charge in [-0.25, -0.2) is 0 Å². The molecule has 0 bridgehead atoms. The minimum absolute atomic E-state index is 0.245. The molecule has 3 rings (SSSR count). The lowest BCUT2D eigenvalue weighted by molar-refractivity contribution is 0.391. The van der Waals surface area contributed by atoms with Crippen LogP contribution in [0.1, 0.15) is 42.3 Å². The lowest BCUT2D eigenvalue weighted by Gasteiger charge is -2.19. The van der Waals surface area contributed by atoms with Crippen molar-refractivity contribution in [3.05, 3.63) is 58.0 Å². The van der Waals surface area contributed by atoms with Gasteiger partial charge in [0.15, 0.2) is 0 Å². The zero-order valence-corrected chi connectivity index (χ0v) is 11.9. The van der Waals surface area contributed by atoms with Gasteiger partial charge in [0.25, 0.3) is 0 Å². The van der Waals surface area contributed by atoms with Crippen LogP contribution in [0.25, 0.3) is 0 Å². The number of rotatable bonds is 3. The van der Waals surface area contributed by atoms with Crippen LogP contribution < -0.4 is 5.32 Å². The molecule has 2 nitrogen and oxygen atoms in total. The van der Waals surface area contributed by atoms with E-state index in [1.54, 1.807) is 6.26 Å². The summed E-state index contributed by atoms with van der Waals surface area (Å²) in [6, 6.07) is 11.1. The third-order valence-corrected chi connectivity index (χ3v) is 4.38. The van der Waals surface area contributed by atoms with Gasteiger partial charge >= 0.3 is 0 Å². The van der Waals surface area contributed by atoms with E-state index >= 15 is 0 Å². The Balaban J connectivity index is 1.79. The maximum atomic E-state index is 5.45. The van der Waals surface area contributed by atoms with Gasteiger partial charge in [-0.05, 0) is 49.1 Å². The highest BCUT2D eigenvalue weighted by atomic mass is 79.9. The Morgan fingerprint density at radius 1 is 1.33 bits per heavy atom. The van der Waals surface area contributed by atoms with Gasteiger partial charge in [-0.1, -0.05) is 28.1 Å². The first-order valence-electron chi connectivity index (χ1n) is 6.32. The molecule has 0 saturated heterocycles. The van der Waals surface area contributed by atoms with Crippen LogP contribution in [0.15, 0.2) is 45.5 Å². The van der Waals surface area contributed by atoms with Crippen molar-refractivity contribution in [1.29, 1.82) is 0 Å². The second-order valence-corrected chi connectivity index (χ2v) is 5.66. The maximum Gasteiger partial charge on any atom is 0.120 e. The van der Waals surface area contributed by atoms with Crippen LogP contribution in [0.3, 0.4) is 0 Å². The number of nitrogens with one attached hydrogen (secondary N) is 1. The van der Waals surface area contributed by atoms with Crippen molar-refractivity contribution < 1.29 is 4.42 Å². The summed E-state index contributed by atoms with van der Waals surface area (Å²) in [5.74, 6) is 0.999. The number of fused-ring (bicyclic) bond motifs is 1. The fourth-order valence-corrected chi connectivity index (χ4v) is 3.28. The minimum atomic E-state index is 0.245. The molecular weight excluding hydrogens is 290 g/mol. The van der Waals surface area contributed by atoms with Crippen molar-refractivity contribution in [3.63, 3.8) is 0 Å². The number of hydrogen-bond donors (Lipinski definition) is 1. The first kappa shape index (κ1) is 12.0. The van der Waals surface area contributed by atoms with Gasteiger partial charge in [-0.3, -0.25) is 0 Å². The summed E-state index contributed by atoms with van der Waals surface area (Å²) in [5, 5.41) is 3.65. The van der Waals surface area contributed by atoms with Gasteiger partial charge in [0, 0.05) is 10.5 Å². The molecule has 1 unspecified atom stereocenters. The molecule has 3 heteroatoms. The van der Waals surface area contributed by atoms with E-state index in [1.807, 2.05) is 12.1 Å². The van der Waals surface area contributed by atoms with Crippen LogP contribution in [0, 0.1) is 0 Å². The molecule has 1 aromatic carbocycles. The Hall–Kier alpha value is -1.06. The van der Waals surface area contributed by atoms with E-state index in [4.69, 9.17) is 4.42 Å². The van der Waals surface area contributed by atoms with Crippen molar-refractivity contribution in [3.8, 4) is 0 Å². The number of hydrogen-bond acceptors (Lipinski definition) is 2. The van der Waals surface area contributed by atoms with Crippen molar-refractivity contribution >= 4 is 15.9 Å². The molecule has 0 spiro atoms. The van der Waals surface area contributed by atoms with E-state index in [0.717, 1.165) is 18.6 Å². The molecule has 0 fully saturated rings. The highest BCUT2D eigenvalue weighted by Crippen LogP contribution is 2.36. The number of benzene rings is 1. The van der Waals surface area contributed by atoms with Crippen molar-refractivity contribution in [2.75, 3.05) is 0 Å². The zero-order chi connectivity index (χ0) is 12.5. The molecule has 1 aromatic heterocycles. The van der Waals surface area contributed by atoms with Gasteiger partial charge in [0.2, 0.25) is 0 Å². The Kier molecular flexibility index (Phi) is 3.27. The van der Waals surface area contributed by atoms with Crippen LogP contribution in [-0.2, 0) is 6.42 Å². The second kappa shape index (κ2) is 4.90. The smallest absolute Gasteiger partial charge is 0.120 e. The van der Waals surface area contributed by atoms with Gasteiger partial charge in [-0.2, -0.15) is 0 Å². The molecule has 2 atom stereocenters. The Labute approximate surface area is 116 Å². The molecule has 1 aliphatic rings. The summed E-state index contributed by atoms with van der Waals surface area (Å²) in [5.41, 5.74) is 2.87. The van der Waals surface area contributed by atoms with Gasteiger partial charge in [0.1, 0.15) is 5.76 Å². The quantitative estimate of drug-likeness (QED) is 0.910.